The van der Waals surface area contributed by atoms with Gasteiger partial charge in [0.15, 0.2) is 0 Å². The summed E-state index contributed by atoms with van der Waals surface area (Å²) in [6.45, 7) is 7.75. The van der Waals surface area contributed by atoms with Crippen LogP contribution in [0.25, 0.3) is 0 Å². The lowest BCUT2D eigenvalue weighted by Crippen LogP contribution is -2.24. The minimum atomic E-state index is -0.883. The number of hydrogen-bond acceptors (Lipinski definition) is 3. The van der Waals surface area contributed by atoms with Crippen LogP contribution < -0.4 is 0 Å². The maximum absolute atomic E-state index is 11.7. The average molecular weight is 276 g/mol. The highest BCUT2D eigenvalue weighted by Crippen LogP contribution is 2.37. The lowest BCUT2D eigenvalue weighted by molar-refractivity contribution is -0.137. The van der Waals surface area contributed by atoms with Crippen LogP contribution in [0.15, 0.2) is 35.5 Å². The summed E-state index contributed by atoms with van der Waals surface area (Å²) in [6, 6.07) is 0. The molecule has 2 rings (SSSR count). The molecule has 0 aromatic heterocycles. The molecule has 0 amide bonds. The third-order valence-corrected chi connectivity index (χ3v) is 4.07. The molecule has 0 radical (unpaired) electrons. The Labute approximate surface area is 118 Å². The van der Waals surface area contributed by atoms with Crippen molar-refractivity contribution >= 4 is 11.9 Å². The summed E-state index contributed by atoms with van der Waals surface area (Å²) in [5.74, 6) is -1.38. The molecule has 4 heteroatoms. The summed E-state index contributed by atoms with van der Waals surface area (Å²) in [5.41, 5.74) is 1.98. The van der Waals surface area contributed by atoms with Gasteiger partial charge >= 0.3 is 11.9 Å². The van der Waals surface area contributed by atoms with Crippen LogP contribution in [0.5, 0.6) is 0 Å². The molecule has 2 aliphatic rings. The molecule has 0 aromatic carbocycles. The maximum atomic E-state index is 11.7. The highest BCUT2D eigenvalue weighted by molar-refractivity contribution is 5.91. The first-order valence-electron chi connectivity index (χ1n) is 6.89. The van der Waals surface area contributed by atoms with Gasteiger partial charge in [0.2, 0.25) is 0 Å². The second-order valence-electron chi connectivity index (χ2n) is 5.69. The van der Waals surface area contributed by atoms with E-state index in [0.29, 0.717) is 24.0 Å². The quantitative estimate of drug-likeness (QED) is 0.454. The molecular weight excluding hydrogens is 256 g/mol. The molecule has 108 valence electrons. The third-order valence-electron chi connectivity index (χ3n) is 4.07. The van der Waals surface area contributed by atoms with Gasteiger partial charge in [0, 0.05) is 17.1 Å². The zero-order valence-corrected chi connectivity index (χ0v) is 11.9. The first-order chi connectivity index (χ1) is 9.40. The van der Waals surface area contributed by atoms with E-state index in [1.54, 1.807) is 6.08 Å². The molecule has 0 saturated carbocycles. The molecule has 4 nitrogen and oxygen atoms in total. The van der Waals surface area contributed by atoms with E-state index in [0.717, 1.165) is 12.0 Å². The number of aliphatic carboxylic acids is 1. The van der Waals surface area contributed by atoms with Crippen molar-refractivity contribution in [1.82, 2.24) is 0 Å². The molecule has 1 unspecified atom stereocenters. The number of rotatable bonds is 1. The van der Waals surface area contributed by atoms with Crippen molar-refractivity contribution in [2.45, 2.75) is 39.2 Å². The first kappa shape index (κ1) is 14.6. The molecule has 0 spiro atoms. The molecule has 20 heavy (non-hydrogen) atoms. The lowest BCUT2D eigenvalue weighted by atomic mass is 9.80. The van der Waals surface area contributed by atoms with E-state index in [1.165, 1.54) is 0 Å². The highest BCUT2D eigenvalue weighted by atomic mass is 16.5. The Balaban J connectivity index is 2.35. The van der Waals surface area contributed by atoms with Gasteiger partial charge in [0.05, 0.1) is 0 Å². The van der Waals surface area contributed by atoms with E-state index in [4.69, 9.17) is 4.74 Å². The van der Waals surface area contributed by atoms with E-state index in [-0.39, 0.29) is 23.9 Å². The Morgan fingerprint density at radius 1 is 1.50 bits per heavy atom. The first-order valence-corrected chi connectivity index (χ1v) is 6.89. The smallest absolute Gasteiger partial charge is 0.334 e. The van der Waals surface area contributed by atoms with Crippen molar-refractivity contribution < 1.29 is 19.4 Å². The Hall–Kier alpha value is -1.84. The molecule has 0 bridgehead atoms. The van der Waals surface area contributed by atoms with E-state index in [2.05, 4.69) is 6.58 Å². The minimum absolute atomic E-state index is 0.00319. The van der Waals surface area contributed by atoms with Crippen molar-refractivity contribution in [1.29, 1.82) is 0 Å². The van der Waals surface area contributed by atoms with Crippen LogP contribution in [0.1, 0.15) is 33.1 Å². The normalized spacial score (nSPS) is 31.0. The number of carbonyl (C=O) groups excluding carboxylic acids is 1. The zero-order valence-electron chi connectivity index (χ0n) is 11.9. The predicted molar refractivity (Wildman–Crippen MR) is 75.0 cm³/mol. The largest absolute Gasteiger partial charge is 0.478 e. The monoisotopic (exact) mass is 276 g/mol. The van der Waals surface area contributed by atoms with Gasteiger partial charge in [-0.05, 0) is 38.2 Å². The summed E-state index contributed by atoms with van der Waals surface area (Å²) in [6.07, 6.45) is 5.37. The van der Waals surface area contributed by atoms with Gasteiger partial charge in [0.25, 0.3) is 0 Å². The Bertz CT molecular complexity index is 513. The number of hydrogen-bond donors (Lipinski definition) is 1. The molecule has 1 fully saturated rings. The van der Waals surface area contributed by atoms with Crippen molar-refractivity contribution in [2.75, 3.05) is 0 Å². The fourth-order valence-corrected chi connectivity index (χ4v) is 2.98. The zero-order chi connectivity index (χ0) is 14.9. The standard InChI is InChI=1S/C16H20O4/c1-9-5-4-6-12(15(17)18)8-10(2)14-11(3)16(19)20-13(14)7-9/h6-7,10,13-14H,3-5,8H2,1-2H3,(H,17,18)/t10?,13-,14-/m1/s1. The summed E-state index contributed by atoms with van der Waals surface area (Å²) in [4.78, 5) is 23.0. The number of fused-ring (bicyclic) bond motifs is 1. The summed E-state index contributed by atoms with van der Waals surface area (Å²) in [7, 11) is 0. The Morgan fingerprint density at radius 2 is 2.20 bits per heavy atom. The molecule has 1 heterocycles. The van der Waals surface area contributed by atoms with Crippen LogP contribution in [-0.2, 0) is 14.3 Å². The molecule has 1 saturated heterocycles. The number of ether oxygens (including phenoxy) is 1. The average Bonchev–Trinajstić information content (AvgIpc) is 2.62. The topological polar surface area (TPSA) is 63.6 Å². The summed E-state index contributed by atoms with van der Waals surface area (Å²) in [5, 5.41) is 9.26. The van der Waals surface area contributed by atoms with Gasteiger partial charge in [0.1, 0.15) is 6.10 Å². The maximum Gasteiger partial charge on any atom is 0.334 e. The molecule has 1 N–H and O–H groups in total. The highest BCUT2D eigenvalue weighted by Gasteiger charge is 2.41. The van der Waals surface area contributed by atoms with Crippen molar-refractivity contribution in [2.24, 2.45) is 11.8 Å². The number of esters is 1. The van der Waals surface area contributed by atoms with Crippen LogP contribution in [0.2, 0.25) is 0 Å². The van der Waals surface area contributed by atoms with E-state index in [9.17, 15) is 14.7 Å². The third kappa shape index (κ3) is 2.84. The van der Waals surface area contributed by atoms with Crippen LogP contribution in [-0.4, -0.2) is 23.1 Å². The number of carboxylic acid groups (broad SMARTS) is 1. The van der Waals surface area contributed by atoms with Crippen molar-refractivity contribution in [3.8, 4) is 0 Å². The Kier molecular flexibility index (Phi) is 4.12. The number of carboxylic acids is 1. The van der Waals surface area contributed by atoms with E-state index >= 15 is 0 Å². The van der Waals surface area contributed by atoms with Gasteiger partial charge in [-0.1, -0.05) is 25.2 Å². The van der Waals surface area contributed by atoms with Crippen LogP contribution >= 0.6 is 0 Å². The fraction of sp³-hybridized carbons (Fsp3) is 0.500. The molecule has 1 aliphatic heterocycles. The van der Waals surface area contributed by atoms with Crippen LogP contribution in [0, 0.1) is 11.8 Å². The second-order valence-corrected chi connectivity index (χ2v) is 5.69. The van der Waals surface area contributed by atoms with Crippen molar-refractivity contribution in [3.63, 3.8) is 0 Å². The van der Waals surface area contributed by atoms with Crippen LogP contribution in [0.3, 0.4) is 0 Å². The lowest BCUT2D eigenvalue weighted by Gasteiger charge is -2.23. The van der Waals surface area contributed by atoms with Crippen molar-refractivity contribution in [3.05, 3.63) is 35.5 Å². The second kappa shape index (κ2) is 5.65. The van der Waals surface area contributed by atoms with E-state index < -0.39 is 5.97 Å². The van der Waals surface area contributed by atoms with Gasteiger partial charge in [-0.2, -0.15) is 0 Å². The SMILES string of the molecule is C=C1C(=O)O[C@@H]2C=C(C)CCC=C(C(=O)O)CC(C)[C@H]12. The number of carbonyl (C=O) groups is 2. The van der Waals surface area contributed by atoms with E-state index in [1.807, 2.05) is 19.9 Å². The molecule has 3 atom stereocenters. The summed E-state index contributed by atoms with van der Waals surface area (Å²) >= 11 is 0. The van der Waals surface area contributed by atoms with Gasteiger partial charge in [-0.3, -0.25) is 0 Å². The number of allylic oxidation sites excluding steroid dienone is 2. The van der Waals surface area contributed by atoms with Gasteiger partial charge in [-0.15, -0.1) is 0 Å². The van der Waals surface area contributed by atoms with Gasteiger partial charge < -0.3 is 9.84 Å². The Morgan fingerprint density at radius 3 is 2.85 bits per heavy atom. The molecular formula is C16H20O4. The molecule has 0 aromatic rings. The minimum Gasteiger partial charge on any atom is -0.478 e. The fourth-order valence-electron chi connectivity index (χ4n) is 2.98. The van der Waals surface area contributed by atoms with Crippen LogP contribution in [0.4, 0.5) is 0 Å². The molecule has 1 aliphatic carbocycles. The summed E-state index contributed by atoms with van der Waals surface area (Å²) < 4.78 is 5.36. The van der Waals surface area contributed by atoms with Gasteiger partial charge in [-0.25, -0.2) is 9.59 Å². The predicted octanol–water partition coefficient (Wildman–Crippen LogP) is 2.86.